The minimum atomic E-state index is -4.28. The maximum absolute atomic E-state index is 13.0. The van der Waals surface area contributed by atoms with Gasteiger partial charge in [-0.25, -0.2) is 0 Å². The monoisotopic (exact) mass is 269 g/mol. The number of nitrogens with zero attached hydrogens (tertiary/aromatic N) is 2. The van der Waals surface area contributed by atoms with Crippen LogP contribution in [0.5, 0.6) is 0 Å². The normalized spacial score (nSPS) is 23.0. The Morgan fingerprint density at radius 2 is 1.78 bits per heavy atom. The van der Waals surface area contributed by atoms with Crippen LogP contribution in [0.4, 0.5) is 13.2 Å². The lowest BCUT2D eigenvalue weighted by atomic mass is 10.0. The maximum atomic E-state index is 13.0. The van der Waals surface area contributed by atoms with Crippen molar-refractivity contribution in [1.82, 2.24) is 9.80 Å². The number of halogens is 3. The molecule has 0 aliphatic carbocycles. The minimum absolute atomic E-state index is 0.0389. The molecule has 1 heterocycles. The molecule has 0 aromatic rings. The van der Waals surface area contributed by atoms with Gasteiger partial charge in [0.15, 0.2) is 0 Å². The van der Waals surface area contributed by atoms with E-state index in [-0.39, 0.29) is 6.61 Å². The average Bonchev–Trinajstić information content (AvgIpc) is 2.30. The molecule has 1 aliphatic heterocycles. The van der Waals surface area contributed by atoms with E-state index in [2.05, 4.69) is 0 Å². The zero-order chi connectivity index (χ0) is 13.8. The molecule has 0 spiro atoms. The Labute approximate surface area is 106 Å². The van der Waals surface area contributed by atoms with Crippen LogP contribution in [0.3, 0.4) is 0 Å². The Hall–Kier alpha value is -0.370. The van der Waals surface area contributed by atoms with Crippen LogP contribution in [0.1, 0.15) is 13.3 Å². The highest BCUT2D eigenvalue weighted by Crippen LogP contribution is 2.28. The van der Waals surface area contributed by atoms with E-state index in [1.165, 1.54) is 4.90 Å². The first-order valence-electron chi connectivity index (χ1n) is 6.29. The highest BCUT2D eigenvalue weighted by Gasteiger charge is 2.47. The molecule has 3 N–H and O–H groups in total. The summed E-state index contributed by atoms with van der Waals surface area (Å²) in [6.07, 6.45) is -3.98. The molecule has 1 fully saturated rings. The van der Waals surface area contributed by atoms with Gasteiger partial charge in [-0.05, 0) is 6.42 Å². The van der Waals surface area contributed by atoms with Gasteiger partial charge in [-0.2, -0.15) is 13.2 Å². The molecule has 1 aliphatic rings. The van der Waals surface area contributed by atoms with Crippen molar-refractivity contribution >= 4 is 0 Å². The summed E-state index contributed by atoms with van der Waals surface area (Å²) in [5.74, 6) is 0. The molecule has 18 heavy (non-hydrogen) atoms. The first kappa shape index (κ1) is 15.7. The van der Waals surface area contributed by atoms with Gasteiger partial charge in [-0.1, -0.05) is 6.92 Å². The number of aliphatic hydroxyl groups is 1. The van der Waals surface area contributed by atoms with Gasteiger partial charge in [0.25, 0.3) is 0 Å². The van der Waals surface area contributed by atoms with E-state index in [0.717, 1.165) is 0 Å². The topological polar surface area (TPSA) is 52.7 Å². The third-order valence-electron chi connectivity index (χ3n) is 3.43. The molecule has 0 bridgehead atoms. The second-order valence-electron chi connectivity index (χ2n) is 4.66. The molecule has 1 rings (SSSR count). The lowest BCUT2D eigenvalue weighted by molar-refractivity contribution is -0.193. The second-order valence-corrected chi connectivity index (χ2v) is 4.66. The van der Waals surface area contributed by atoms with Gasteiger partial charge in [0.05, 0.1) is 6.61 Å². The molecule has 2 unspecified atom stereocenters. The van der Waals surface area contributed by atoms with Crippen LogP contribution in [0.25, 0.3) is 0 Å². The van der Waals surface area contributed by atoms with E-state index in [9.17, 15) is 13.2 Å². The van der Waals surface area contributed by atoms with Gasteiger partial charge in [-0.15, -0.1) is 0 Å². The van der Waals surface area contributed by atoms with E-state index in [0.29, 0.717) is 39.1 Å². The predicted molar refractivity (Wildman–Crippen MR) is 63.2 cm³/mol. The van der Waals surface area contributed by atoms with E-state index in [1.54, 1.807) is 6.92 Å². The average molecular weight is 269 g/mol. The van der Waals surface area contributed by atoms with Gasteiger partial charge in [0.2, 0.25) is 0 Å². The molecular formula is C11H22F3N3O. The zero-order valence-corrected chi connectivity index (χ0v) is 10.7. The Morgan fingerprint density at radius 3 is 2.17 bits per heavy atom. The molecule has 4 nitrogen and oxygen atoms in total. The minimum Gasteiger partial charge on any atom is -0.395 e. The Kier molecular flexibility index (Phi) is 5.84. The summed E-state index contributed by atoms with van der Waals surface area (Å²) in [5.41, 5.74) is 5.61. The largest absolute Gasteiger partial charge is 0.405 e. The number of piperazine rings is 1. The van der Waals surface area contributed by atoms with Gasteiger partial charge >= 0.3 is 6.18 Å². The number of aliphatic hydroxyl groups excluding tert-OH is 1. The fourth-order valence-electron chi connectivity index (χ4n) is 2.35. The van der Waals surface area contributed by atoms with Crippen molar-refractivity contribution in [1.29, 1.82) is 0 Å². The number of nitrogens with two attached hydrogens (primary N) is 1. The van der Waals surface area contributed by atoms with Crippen LogP contribution in [-0.2, 0) is 0 Å². The highest BCUT2D eigenvalue weighted by atomic mass is 19.4. The summed E-state index contributed by atoms with van der Waals surface area (Å²) in [7, 11) is 0. The Bertz CT molecular complexity index is 242. The molecule has 0 amide bonds. The number of rotatable bonds is 5. The maximum Gasteiger partial charge on any atom is 0.405 e. The van der Waals surface area contributed by atoms with Crippen LogP contribution in [-0.4, -0.2) is 72.5 Å². The lowest BCUT2D eigenvalue weighted by Crippen LogP contribution is -2.61. The fraction of sp³-hybridized carbons (Fsp3) is 1.00. The smallest absolute Gasteiger partial charge is 0.395 e. The van der Waals surface area contributed by atoms with Crippen molar-refractivity contribution in [2.75, 3.05) is 39.3 Å². The third-order valence-corrected chi connectivity index (χ3v) is 3.43. The quantitative estimate of drug-likeness (QED) is 0.752. The molecule has 1 saturated heterocycles. The summed E-state index contributed by atoms with van der Waals surface area (Å²) in [4.78, 5) is 3.38. The summed E-state index contributed by atoms with van der Waals surface area (Å²) >= 11 is 0. The van der Waals surface area contributed by atoms with E-state index >= 15 is 0 Å². The highest BCUT2D eigenvalue weighted by molar-refractivity contribution is 4.90. The zero-order valence-electron chi connectivity index (χ0n) is 10.7. The van der Waals surface area contributed by atoms with E-state index < -0.39 is 18.3 Å². The summed E-state index contributed by atoms with van der Waals surface area (Å²) in [6.45, 7) is 4.01. The number of alkyl halides is 3. The molecule has 0 radical (unpaired) electrons. The Morgan fingerprint density at radius 1 is 1.22 bits per heavy atom. The van der Waals surface area contributed by atoms with E-state index in [1.807, 2.05) is 4.90 Å². The van der Waals surface area contributed by atoms with Gasteiger partial charge in [0.1, 0.15) is 6.04 Å². The van der Waals surface area contributed by atoms with Crippen molar-refractivity contribution in [2.24, 2.45) is 5.73 Å². The SMILES string of the molecule is CCC(N)C(N1CCN(CCO)CC1)C(F)(F)F. The molecule has 108 valence electrons. The standard InChI is InChI=1S/C11H22F3N3O/c1-2-9(15)10(11(12,13)14)17-5-3-16(4-6-17)7-8-18/h9-10,18H,2-8,15H2,1H3. The first-order chi connectivity index (χ1) is 8.40. The molecule has 7 heteroatoms. The molecule has 2 atom stereocenters. The summed E-state index contributed by atoms with van der Waals surface area (Å²) in [5, 5.41) is 8.79. The molecular weight excluding hydrogens is 247 g/mol. The van der Waals surface area contributed by atoms with Gasteiger partial charge in [-0.3, -0.25) is 9.80 Å². The van der Waals surface area contributed by atoms with Gasteiger partial charge < -0.3 is 10.8 Å². The number of β-amino-alcohol motifs (C(OH)–C–C–N with tert-alkyl or cyclic N) is 1. The fourth-order valence-corrected chi connectivity index (χ4v) is 2.35. The first-order valence-corrected chi connectivity index (χ1v) is 6.29. The van der Waals surface area contributed by atoms with Crippen LogP contribution < -0.4 is 5.73 Å². The predicted octanol–water partition coefficient (Wildman–Crippen LogP) is 0.265. The van der Waals surface area contributed by atoms with Crippen LogP contribution in [0.2, 0.25) is 0 Å². The Balaban J connectivity index is 2.61. The van der Waals surface area contributed by atoms with Crippen molar-refractivity contribution in [3.05, 3.63) is 0 Å². The van der Waals surface area contributed by atoms with Crippen LogP contribution in [0.15, 0.2) is 0 Å². The summed E-state index contributed by atoms with van der Waals surface area (Å²) < 4.78 is 39.0. The number of hydrogen-bond acceptors (Lipinski definition) is 4. The molecule has 0 aromatic heterocycles. The van der Waals surface area contributed by atoms with Crippen molar-refractivity contribution in [3.63, 3.8) is 0 Å². The van der Waals surface area contributed by atoms with Gasteiger partial charge in [0, 0.05) is 38.8 Å². The van der Waals surface area contributed by atoms with Crippen molar-refractivity contribution < 1.29 is 18.3 Å². The van der Waals surface area contributed by atoms with Crippen LogP contribution >= 0.6 is 0 Å². The van der Waals surface area contributed by atoms with E-state index in [4.69, 9.17) is 10.8 Å². The second kappa shape index (κ2) is 6.70. The van der Waals surface area contributed by atoms with Crippen LogP contribution in [0, 0.1) is 0 Å². The van der Waals surface area contributed by atoms with Crippen molar-refractivity contribution in [3.8, 4) is 0 Å². The molecule has 0 saturated carbocycles. The summed E-state index contributed by atoms with van der Waals surface area (Å²) in [6, 6.07) is -2.44. The third kappa shape index (κ3) is 4.08. The lowest BCUT2D eigenvalue weighted by Gasteiger charge is -2.41. The number of hydrogen-bond donors (Lipinski definition) is 2. The van der Waals surface area contributed by atoms with Crippen molar-refractivity contribution in [2.45, 2.75) is 31.6 Å². The molecule has 0 aromatic carbocycles.